The fourth-order valence-electron chi connectivity index (χ4n) is 1.81. The molecule has 0 heterocycles. The summed E-state index contributed by atoms with van der Waals surface area (Å²) in [4.78, 5) is 20.2. The summed E-state index contributed by atoms with van der Waals surface area (Å²) < 4.78 is 24.7. The maximum Gasteiger partial charge on any atom is 0.280 e. The Morgan fingerprint density at radius 2 is 1.36 bits per heavy atom. The molecule has 2 rings (SSSR count). The molecule has 0 spiro atoms. The first-order valence-corrected chi connectivity index (χ1v) is 9.80. The second kappa shape index (κ2) is 6.64. The van der Waals surface area contributed by atoms with Gasteiger partial charge in [0, 0.05) is 23.5 Å². The van der Waals surface area contributed by atoms with E-state index >= 15 is 0 Å². The molecule has 0 N–H and O–H groups in total. The van der Waals surface area contributed by atoms with Crippen LogP contribution in [0.5, 0.6) is 0 Å². The summed E-state index contributed by atoms with van der Waals surface area (Å²) in [7, 11) is -5.74. The van der Waals surface area contributed by atoms with Gasteiger partial charge in [-0.2, -0.15) is 0 Å². The Morgan fingerprint density at radius 1 is 0.773 bits per heavy atom. The van der Waals surface area contributed by atoms with Gasteiger partial charge in [-0.05, 0) is 18.2 Å². The van der Waals surface area contributed by atoms with Gasteiger partial charge in [0.15, 0.2) is 15.0 Å². The molecule has 2 unspecified atom stereocenters. The predicted octanol–water partition coefficient (Wildman–Crippen LogP) is 2.49. The fourth-order valence-corrected chi connectivity index (χ4v) is 6.10. The van der Waals surface area contributed by atoms with Crippen molar-refractivity contribution in [2.24, 2.45) is 0 Å². The summed E-state index contributed by atoms with van der Waals surface area (Å²) in [6.07, 6.45) is 0. The van der Waals surface area contributed by atoms with Crippen molar-refractivity contribution in [1.82, 2.24) is 0 Å². The largest absolute Gasteiger partial charge is 0.314 e. The minimum atomic E-state index is -2.92. The molecule has 114 valence electrons. The van der Waals surface area contributed by atoms with Crippen molar-refractivity contribution < 1.29 is 19.0 Å². The van der Waals surface area contributed by atoms with E-state index in [1.165, 1.54) is 36.4 Å². The maximum atomic E-state index is 12.4. The summed E-state index contributed by atoms with van der Waals surface area (Å²) in [5, 5.41) is 21.6. The molecule has 8 nitrogen and oxygen atoms in total. The second-order valence-corrected chi connectivity index (χ2v) is 9.39. The molecule has 0 saturated carbocycles. The third-order valence-corrected chi connectivity index (χ3v) is 7.99. The van der Waals surface area contributed by atoms with Crippen LogP contribution >= 0.6 is 15.0 Å². The van der Waals surface area contributed by atoms with Gasteiger partial charge < -0.3 is 9.13 Å². The molecule has 0 bridgehead atoms. The number of hydrogen-bond donors (Lipinski definition) is 0. The van der Waals surface area contributed by atoms with Gasteiger partial charge in [0.1, 0.15) is 0 Å². The van der Waals surface area contributed by atoms with E-state index in [1.54, 1.807) is 0 Å². The van der Waals surface area contributed by atoms with Gasteiger partial charge in [0.25, 0.3) is 11.4 Å². The highest BCUT2D eigenvalue weighted by atomic mass is 32.1. The van der Waals surface area contributed by atoms with E-state index in [0.717, 1.165) is 12.1 Å². The van der Waals surface area contributed by atoms with Gasteiger partial charge in [-0.1, -0.05) is 12.1 Å². The molecule has 0 aliphatic carbocycles. The molecule has 2 atom stereocenters. The minimum Gasteiger partial charge on any atom is -0.314 e. The molecular formula is C12H10N2O6P2. The standard InChI is InChI=1S/C12H10N2O6P2/c15-13(16)9-5-7-10(8-6-9)21(19)22(20)12-4-2-1-3-11(12)14(17)18/h1-8,21-22H. The molecular weight excluding hydrogens is 330 g/mol. The summed E-state index contributed by atoms with van der Waals surface area (Å²) in [6, 6.07) is 10.3. The van der Waals surface area contributed by atoms with Crippen molar-refractivity contribution in [3.63, 3.8) is 0 Å². The molecule has 0 amide bonds. The van der Waals surface area contributed by atoms with Crippen LogP contribution in [0, 0.1) is 20.2 Å². The van der Waals surface area contributed by atoms with Crippen LogP contribution in [-0.4, -0.2) is 9.85 Å². The van der Waals surface area contributed by atoms with E-state index < -0.39 is 24.8 Å². The molecule has 0 aromatic heterocycles. The minimum absolute atomic E-state index is 0.0558. The van der Waals surface area contributed by atoms with Crippen molar-refractivity contribution in [2.75, 3.05) is 0 Å². The van der Waals surface area contributed by atoms with E-state index in [1.807, 2.05) is 0 Å². The fraction of sp³-hybridized carbons (Fsp3) is 0. The summed E-state index contributed by atoms with van der Waals surface area (Å²) in [5.74, 6) is 0. The van der Waals surface area contributed by atoms with Gasteiger partial charge in [0.2, 0.25) is 0 Å². The Hall–Kier alpha value is -2.30. The Morgan fingerprint density at radius 3 is 1.91 bits per heavy atom. The van der Waals surface area contributed by atoms with Crippen LogP contribution in [0.1, 0.15) is 0 Å². The monoisotopic (exact) mass is 340 g/mol. The topological polar surface area (TPSA) is 120 Å². The van der Waals surface area contributed by atoms with E-state index in [2.05, 4.69) is 0 Å². The number of benzene rings is 2. The number of nitro benzene ring substituents is 2. The van der Waals surface area contributed by atoms with Crippen LogP contribution in [-0.2, 0) is 9.13 Å². The highest BCUT2D eigenvalue weighted by Crippen LogP contribution is 2.50. The lowest BCUT2D eigenvalue weighted by Gasteiger charge is -2.04. The molecule has 0 fully saturated rings. The highest BCUT2D eigenvalue weighted by molar-refractivity contribution is 8.24. The van der Waals surface area contributed by atoms with Gasteiger partial charge in [-0.25, -0.2) is 0 Å². The second-order valence-electron chi connectivity index (χ2n) is 4.24. The van der Waals surface area contributed by atoms with Gasteiger partial charge >= 0.3 is 0 Å². The zero-order valence-electron chi connectivity index (χ0n) is 11.0. The van der Waals surface area contributed by atoms with Crippen LogP contribution < -0.4 is 10.6 Å². The highest BCUT2D eigenvalue weighted by Gasteiger charge is 2.23. The van der Waals surface area contributed by atoms with E-state index in [4.69, 9.17) is 0 Å². The van der Waals surface area contributed by atoms with Crippen LogP contribution in [0.3, 0.4) is 0 Å². The number of hydrogen-bond acceptors (Lipinski definition) is 6. The Bertz CT molecular complexity index is 790. The molecule has 0 saturated heterocycles. The average molecular weight is 340 g/mol. The first kappa shape index (κ1) is 16.1. The molecule has 0 aliphatic heterocycles. The van der Waals surface area contributed by atoms with Crippen molar-refractivity contribution in [2.45, 2.75) is 0 Å². The summed E-state index contributed by atoms with van der Waals surface area (Å²) in [5.41, 5.74) is -0.518. The van der Waals surface area contributed by atoms with Crippen LogP contribution in [0.2, 0.25) is 0 Å². The zero-order chi connectivity index (χ0) is 16.3. The number of rotatable bonds is 5. The Labute approximate surface area is 125 Å². The zero-order valence-corrected chi connectivity index (χ0v) is 13.0. The first-order chi connectivity index (χ1) is 10.4. The van der Waals surface area contributed by atoms with Gasteiger partial charge in [0.05, 0.1) is 15.2 Å². The lowest BCUT2D eigenvalue weighted by atomic mass is 10.3. The van der Waals surface area contributed by atoms with Crippen molar-refractivity contribution >= 4 is 37.0 Å². The maximum absolute atomic E-state index is 12.4. The quantitative estimate of drug-likeness (QED) is 0.468. The Balaban J connectivity index is 2.35. The molecule has 0 radical (unpaired) electrons. The summed E-state index contributed by atoms with van der Waals surface area (Å²) in [6.45, 7) is 0. The third kappa shape index (κ3) is 3.30. The average Bonchev–Trinajstić information content (AvgIpc) is 2.53. The van der Waals surface area contributed by atoms with Crippen LogP contribution in [0.4, 0.5) is 11.4 Å². The van der Waals surface area contributed by atoms with Gasteiger partial charge in [-0.15, -0.1) is 0 Å². The third-order valence-electron chi connectivity index (χ3n) is 2.89. The van der Waals surface area contributed by atoms with Crippen LogP contribution in [0.25, 0.3) is 0 Å². The number of non-ortho nitro benzene ring substituents is 1. The first-order valence-electron chi connectivity index (χ1n) is 5.98. The molecule has 22 heavy (non-hydrogen) atoms. The molecule has 2 aromatic rings. The lowest BCUT2D eigenvalue weighted by Crippen LogP contribution is -2.05. The number of nitro groups is 2. The molecule has 10 heteroatoms. The smallest absolute Gasteiger partial charge is 0.280 e. The molecule has 0 aliphatic rings. The lowest BCUT2D eigenvalue weighted by molar-refractivity contribution is -0.384. The molecule has 2 aromatic carbocycles. The SMILES string of the molecule is O=[N+]([O-])c1ccc([PH](=O)[PH](=O)c2ccccc2[N+](=O)[O-])cc1. The number of para-hydroxylation sites is 1. The summed E-state index contributed by atoms with van der Waals surface area (Å²) >= 11 is 0. The van der Waals surface area contributed by atoms with E-state index in [0.29, 0.717) is 0 Å². The van der Waals surface area contributed by atoms with Crippen molar-refractivity contribution in [1.29, 1.82) is 0 Å². The van der Waals surface area contributed by atoms with E-state index in [-0.39, 0.29) is 22.0 Å². The Kier molecular flexibility index (Phi) is 4.85. The van der Waals surface area contributed by atoms with Crippen LogP contribution in [0.15, 0.2) is 48.5 Å². The normalized spacial score (nSPS) is 13.3. The van der Waals surface area contributed by atoms with E-state index in [9.17, 15) is 29.4 Å². The predicted molar refractivity (Wildman–Crippen MR) is 83.5 cm³/mol. The van der Waals surface area contributed by atoms with Crippen molar-refractivity contribution in [3.05, 3.63) is 68.8 Å². The van der Waals surface area contributed by atoms with Crippen molar-refractivity contribution in [3.8, 4) is 0 Å². The van der Waals surface area contributed by atoms with Gasteiger partial charge in [-0.3, -0.25) is 20.2 Å². The number of nitrogens with zero attached hydrogens (tertiary/aromatic N) is 2.